The van der Waals surface area contributed by atoms with Gasteiger partial charge in [-0.15, -0.1) is 0 Å². The maximum atomic E-state index is 12.6. The minimum atomic E-state index is -0.472. The van der Waals surface area contributed by atoms with Gasteiger partial charge in [0.2, 0.25) is 0 Å². The first-order valence-corrected chi connectivity index (χ1v) is 10.8. The van der Waals surface area contributed by atoms with Crippen LogP contribution < -0.4 is 15.8 Å². The number of fused-ring (bicyclic) bond motifs is 1. The minimum Gasteiger partial charge on any atom is -0.507 e. The van der Waals surface area contributed by atoms with Crippen molar-refractivity contribution in [2.75, 3.05) is 11.9 Å². The molecule has 0 fully saturated rings. The maximum Gasteiger partial charge on any atom is 0.343 e. The number of aromatic nitrogens is 2. The number of ether oxygens (including phenoxy) is 1. The first-order valence-electron chi connectivity index (χ1n) is 10.8. The van der Waals surface area contributed by atoms with Gasteiger partial charge in [0.15, 0.2) is 5.82 Å². The quantitative estimate of drug-likeness (QED) is 0.281. The molecule has 1 atom stereocenters. The fourth-order valence-corrected chi connectivity index (χ4v) is 3.43. The van der Waals surface area contributed by atoms with E-state index in [9.17, 15) is 9.90 Å². The Bertz CT molecular complexity index is 1310. The molecule has 4 rings (SSSR count). The zero-order valence-corrected chi connectivity index (χ0v) is 18.6. The molecule has 4 N–H and O–H groups in total. The Labute approximate surface area is 192 Å². The van der Waals surface area contributed by atoms with Gasteiger partial charge in [-0.2, -0.15) is 0 Å². The molecule has 7 heteroatoms. The van der Waals surface area contributed by atoms with Crippen LogP contribution in [0.25, 0.3) is 22.3 Å². The van der Waals surface area contributed by atoms with E-state index in [1.807, 2.05) is 50.2 Å². The number of anilines is 1. The van der Waals surface area contributed by atoms with Gasteiger partial charge in [-0.05, 0) is 55.3 Å². The highest BCUT2D eigenvalue weighted by atomic mass is 16.5. The normalized spacial score (nSPS) is 11.8. The van der Waals surface area contributed by atoms with E-state index in [1.54, 1.807) is 18.2 Å². The van der Waals surface area contributed by atoms with Crippen LogP contribution in [0.15, 0.2) is 66.7 Å². The number of nitrogens with zero attached hydrogens (tertiary/aromatic N) is 2. The summed E-state index contributed by atoms with van der Waals surface area (Å²) in [7, 11) is 0. The molecule has 1 aromatic heterocycles. The van der Waals surface area contributed by atoms with Crippen molar-refractivity contribution in [1.82, 2.24) is 9.97 Å². The Morgan fingerprint density at radius 2 is 1.85 bits per heavy atom. The molecule has 7 nitrogen and oxygen atoms in total. The van der Waals surface area contributed by atoms with Crippen LogP contribution in [-0.2, 0) is 0 Å². The summed E-state index contributed by atoms with van der Waals surface area (Å²) in [6, 6.07) is 19.4. The van der Waals surface area contributed by atoms with E-state index in [1.165, 1.54) is 12.1 Å². The lowest BCUT2D eigenvalue weighted by Crippen LogP contribution is -2.28. The Balaban J connectivity index is 1.70. The van der Waals surface area contributed by atoms with Crippen molar-refractivity contribution >= 4 is 22.7 Å². The zero-order chi connectivity index (χ0) is 23.4. The Hall–Kier alpha value is -3.97. The van der Waals surface area contributed by atoms with E-state index in [4.69, 9.17) is 10.5 Å². The number of phenols is 1. The largest absolute Gasteiger partial charge is 0.507 e. The summed E-state index contributed by atoms with van der Waals surface area (Å²) in [6.45, 7) is 4.43. The molecular weight excluding hydrogens is 416 g/mol. The number of nitrogens with one attached hydrogen (secondary N) is 1. The molecule has 0 saturated carbocycles. The SMILES string of the molecule is CC[C@@H](N)CNc1nc(-c2cc(OC(=O)c3ccccc3C)ccc2O)nc2ccccc12. The first kappa shape index (κ1) is 22.2. The summed E-state index contributed by atoms with van der Waals surface area (Å²) in [5, 5.41) is 14.7. The van der Waals surface area contributed by atoms with E-state index in [2.05, 4.69) is 15.3 Å². The summed E-state index contributed by atoms with van der Waals surface area (Å²) in [5.74, 6) is 0.737. The van der Waals surface area contributed by atoms with Gasteiger partial charge in [0.1, 0.15) is 17.3 Å². The molecule has 0 aliphatic rings. The van der Waals surface area contributed by atoms with Crippen LogP contribution in [0.3, 0.4) is 0 Å². The van der Waals surface area contributed by atoms with E-state index in [0.717, 1.165) is 22.9 Å². The number of phenolic OH excluding ortho intramolecular Hbond substituents is 1. The van der Waals surface area contributed by atoms with E-state index in [-0.39, 0.29) is 17.5 Å². The number of benzene rings is 3. The standard InChI is InChI=1S/C26H26N4O3/c1-3-17(27)15-28-24-20-10-6-7-11-22(20)29-25(30-24)21-14-18(12-13-23(21)31)33-26(32)19-9-5-4-8-16(19)2/h4-14,17,31H,3,15,27H2,1-2H3,(H,28,29,30)/t17-/m1/s1. The number of aryl methyl sites for hydroxylation is 1. The molecule has 1 heterocycles. The molecule has 4 aromatic rings. The van der Waals surface area contributed by atoms with Gasteiger partial charge in [-0.3, -0.25) is 0 Å². The lowest BCUT2D eigenvalue weighted by Gasteiger charge is -2.14. The van der Waals surface area contributed by atoms with Gasteiger partial charge in [-0.1, -0.05) is 37.3 Å². The number of nitrogens with two attached hydrogens (primary N) is 1. The van der Waals surface area contributed by atoms with Crippen molar-refractivity contribution in [3.63, 3.8) is 0 Å². The molecule has 168 valence electrons. The topological polar surface area (TPSA) is 110 Å². The molecule has 0 bridgehead atoms. The maximum absolute atomic E-state index is 12.6. The summed E-state index contributed by atoms with van der Waals surface area (Å²) >= 11 is 0. The molecular formula is C26H26N4O3. The van der Waals surface area contributed by atoms with Crippen LogP contribution in [0.4, 0.5) is 5.82 Å². The van der Waals surface area contributed by atoms with E-state index in [0.29, 0.717) is 29.3 Å². The second-order valence-corrected chi connectivity index (χ2v) is 7.85. The lowest BCUT2D eigenvalue weighted by molar-refractivity contribution is 0.0734. The molecule has 33 heavy (non-hydrogen) atoms. The number of rotatable bonds is 7. The van der Waals surface area contributed by atoms with Gasteiger partial charge >= 0.3 is 5.97 Å². The predicted molar refractivity (Wildman–Crippen MR) is 130 cm³/mol. The number of hydrogen-bond acceptors (Lipinski definition) is 7. The summed E-state index contributed by atoms with van der Waals surface area (Å²) in [4.78, 5) is 21.9. The third-order valence-corrected chi connectivity index (χ3v) is 5.44. The fourth-order valence-electron chi connectivity index (χ4n) is 3.43. The van der Waals surface area contributed by atoms with Crippen LogP contribution in [-0.4, -0.2) is 33.6 Å². The van der Waals surface area contributed by atoms with Crippen molar-refractivity contribution in [3.8, 4) is 22.9 Å². The van der Waals surface area contributed by atoms with Gasteiger partial charge in [0, 0.05) is 18.0 Å². The summed E-state index contributed by atoms with van der Waals surface area (Å²) < 4.78 is 5.57. The molecule has 0 aliphatic heterocycles. The van der Waals surface area contributed by atoms with Crippen LogP contribution in [0.1, 0.15) is 29.3 Å². The Morgan fingerprint density at radius 1 is 1.09 bits per heavy atom. The van der Waals surface area contributed by atoms with Crippen molar-refractivity contribution in [1.29, 1.82) is 0 Å². The number of carbonyl (C=O) groups is 1. The van der Waals surface area contributed by atoms with E-state index >= 15 is 0 Å². The highest BCUT2D eigenvalue weighted by Crippen LogP contribution is 2.33. The number of para-hydroxylation sites is 1. The zero-order valence-electron chi connectivity index (χ0n) is 18.6. The molecule has 0 saturated heterocycles. The van der Waals surface area contributed by atoms with Gasteiger partial charge in [0.25, 0.3) is 0 Å². The smallest absolute Gasteiger partial charge is 0.343 e. The second-order valence-electron chi connectivity index (χ2n) is 7.85. The average Bonchev–Trinajstić information content (AvgIpc) is 2.83. The first-order chi connectivity index (χ1) is 16.0. The molecule has 0 unspecified atom stereocenters. The minimum absolute atomic E-state index is 0.0141. The Morgan fingerprint density at radius 3 is 2.64 bits per heavy atom. The van der Waals surface area contributed by atoms with Crippen LogP contribution in [0, 0.1) is 6.92 Å². The molecule has 0 radical (unpaired) electrons. The second kappa shape index (κ2) is 9.67. The third-order valence-electron chi connectivity index (χ3n) is 5.44. The summed E-state index contributed by atoms with van der Waals surface area (Å²) in [5.41, 5.74) is 8.45. The number of hydrogen-bond donors (Lipinski definition) is 3. The monoisotopic (exact) mass is 442 g/mol. The average molecular weight is 443 g/mol. The van der Waals surface area contributed by atoms with E-state index < -0.39 is 5.97 Å². The third kappa shape index (κ3) is 4.94. The Kier molecular flexibility index (Phi) is 6.51. The van der Waals surface area contributed by atoms with Crippen molar-refractivity contribution in [2.45, 2.75) is 26.3 Å². The fraction of sp³-hybridized carbons (Fsp3) is 0.192. The van der Waals surface area contributed by atoms with Gasteiger partial charge in [0.05, 0.1) is 16.6 Å². The molecule has 3 aromatic carbocycles. The number of carbonyl (C=O) groups excluding carboxylic acids is 1. The van der Waals surface area contributed by atoms with Crippen LogP contribution >= 0.6 is 0 Å². The van der Waals surface area contributed by atoms with Crippen LogP contribution in [0.5, 0.6) is 11.5 Å². The highest BCUT2D eigenvalue weighted by Gasteiger charge is 2.16. The van der Waals surface area contributed by atoms with Crippen molar-refractivity contribution < 1.29 is 14.6 Å². The summed E-state index contributed by atoms with van der Waals surface area (Å²) in [6.07, 6.45) is 0.831. The van der Waals surface area contributed by atoms with Crippen LogP contribution in [0.2, 0.25) is 0 Å². The molecule has 0 amide bonds. The molecule has 0 aliphatic carbocycles. The highest BCUT2D eigenvalue weighted by molar-refractivity contribution is 5.93. The number of aromatic hydroxyl groups is 1. The number of esters is 1. The van der Waals surface area contributed by atoms with Crippen molar-refractivity contribution in [2.24, 2.45) is 5.73 Å². The van der Waals surface area contributed by atoms with Gasteiger partial charge in [-0.25, -0.2) is 14.8 Å². The predicted octanol–water partition coefficient (Wildman–Crippen LogP) is 4.68. The van der Waals surface area contributed by atoms with Gasteiger partial charge < -0.3 is 20.9 Å². The lowest BCUT2D eigenvalue weighted by atomic mass is 10.1. The van der Waals surface area contributed by atoms with Crippen molar-refractivity contribution in [3.05, 3.63) is 77.9 Å². The molecule has 0 spiro atoms.